The molecular formula is C15H17N3O3S2. The predicted octanol–water partition coefficient (Wildman–Crippen LogP) is 1.72. The van der Waals surface area contributed by atoms with Gasteiger partial charge in [-0.05, 0) is 17.7 Å². The highest BCUT2D eigenvalue weighted by atomic mass is 32.2. The molecule has 0 spiro atoms. The second-order valence-electron chi connectivity index (χ2n) is 5.26. The van der Waals surface area contributed by atoms with Crippen molar-refractivity contribution in [2.75, 3.05) is 11.1 Å². The maximum Gasteiger partial charge on any atom is 0.230 e. The quantitative estimate of drug-likeness (QED) is 0.856. The van der Waals surface area contributed by atoms with Crippen LogP contribution in [0.2, 0.25) is 0 Å². The molecule has 0 bridgehead atoms. The van der Waals surface area contributed by atoms with Gasteiger partial charge in [0.1, 0.15) is 0 Å². The molecule has 2 aromatic rings. The lowest BCUT2D eigenvalue weighted by atomic mass is 10.1. The number of carbonyl (C=O) groups is 1. The lowest BCUT2D eigenvalue weighted by Crippen LogP contribution is -2.14. The number of nitrogens with one attached hydrogen (secondary N) is 2. The van der Waals surface area contributed by atoms with Crippen LogP contribution >= 0.6 is 11.3 Å². The van der Waals surface area contributed by atoms with Gasteiger partial charge in [-0.1, -0.05) is 19.1 Å². The minimum Gasteiger partial charge on any atom is -0.306 e. The van der Waals surface area contributed by atoms with Gasteiger partial charge < -0.3 is 10.6 Å². The molecule has 1 aliphatic rings. The van der Waals surface area contributed by atoms with Crippen LogP contribution in [-0.2, 0) is 34.1 Å². The van der Waals surface area contributed by atoms with Crippen LogP contribution in [-0.4, -0.2) is 25.1 Å². The van der Waals surface area contributed by atoms with E-state index < -0.39 is 9.84 Å². The number of nitrogens with zero attached hydrogens (tertiary/aromatic N) is 1. The van der Waals surface area contributed by atoms with Crippen molar-refractivity contribution in [3.63, 3.8) is 0 Å². The zero-order valence-electron chi connectivity index (χ0n) is 12.6. The third kappa shape index (κ3) is 3.60. The number of hydrogen-bond acceptors (Lipinski definition) is 6. The summed E-state index contributed by atoms with van der Waals surface area (Å²) in [7, 11) is -3.21. The average molecular weight is 351 g/mol. The second kappa shape index (κ2) is 6.38. The minimum absolute atomic E-state index is 0.0659. The summed E-state index contributed by atoms with van der Waals surface area (Å²) < 4.78 is 23.5. The SMILES string of the molecule is CCS(=O)(=O)c1ccc(CC(=O)Nc2nc3c(s2)CNC3)cc1. The number of sulfone groups is 1. The number of rotatable bonds is 5. The first-order valence-corrected chi connectivity index (χ1v) is 9.75. The van der Waals surface area contributed by atoms with Gasteiger partial charge in [-0.3, -0.25) is 4.79 Å². The van der Waals surface area contributed by atoms with E-state index in [2.05, 4.69) is 15.6 Å². The predicted molar refractivity (Wildman–Crippen MR) is 89.2 cm³/mol. The number of hydrogen-bond donors (Lipinski definition) is 2. The molecule has 1 aromatic carbocycles. The van der Waals surface area contributed by atoms with Crippen LogP contribution in [0.25, 0.3) is 0 Å². The van der Waals surface area contributed by atoms with Crippen molar-refractivity contribution in [2.24, 2.45) is 0 Å². The van der Waals surface area contributed by atoms with Crippen molar-refractivity contribution < 1.29 is 13.2 Å². The summed E-state index contributed by atoms with van der Waals surface area (Å²) in [6.07, 6.45) is 0.189. The van der Waals surface area contributed by atoms with Gasteiger partial charge in [-0.25, -0.2) is 13.4 Å². The van der Waals surface area contributed by atoms with Crippen LogP contribution in [0.1, 0.15) is 23.1 Å². The minimum atomic E-state index is -3.21. The zero-order valence-corrected chi connectivity index (χ0v) is 14.3. The summed E-state index contributed by atoms with van der Waals surface area (Å²) in [5, 5.41) is 6.61. The number of carbonyl (C=O) groups excluding carboxylic acids is 1. The number of fused-ring (bicyclic) bond motifs is 1. The number of thiazole rings is 1. The van der Waals surface area contributed by atoms with Crippen molar-refractivity contribution in [2.45, 2.75) is 31.3 Å². The van der Waals surface area contributed by atoms with E-state index in [0.29, 0.717) is 5.13 Å². The van der Waals surface area contributed by atoms with E-state index >= 15 is 0 Å². The molecule has 0 saturated heterocycles. The lowest BCUT2D eigenvalue weighted by Gasteiger charge is -2.05. The third-order valence-electron chi connectivity index (χ3n) is 3.63. The van der Waals surface area contributed by atoms with Gasteiger partial charge in [0.15, 0.2) is 15.0 Å². The molecule has 0 aliphatic carbocycles. The van der Waals surface area contributed by atoms with E-state index in [1.54, 1.807) is 31.2 Å². The molecule has 6 nitrogen and oxygen atoms in total. The van der Waals surface area contributed by atoms with E-state index in [4.69, 9.17) is 0 Å². The summed E-state index contributed by atoms with van der Waals surface area (Å²) in [6, 6.07) is 6.44. The monoisotopic (exact) mass is 351 g/mol. The largest absolute Gasteiger partial charge is 0.306 e. The summed E-state index contributed by atoms with van der Waals surface area (Å²) in [6.45, 7) is 3.16. The Morgan fingerprint density at radius 3 is 2.70 bits per heavy atom. The van der Waals surface area contributed by atoms with E-state index in [0.717, 1.165) is 29.2 Å². The normalized spacial score (nSPS) is 13.8. The van der Waals surface area contributed by atoms with Gasteiger partial charge in [0, 0.05) is 18.0 Å². The van der Waals surface area contributed by atoms with E-state index in [9.17, 15) is 13.2 Å². The van der Waals surface area contributed by atoms with E-state index in [-0.39, 0.29) is 23.0 Å². The fourth-order valence-corrected chi connectivity index (χ4v) is 4.19. The summed E-state index contributed by atoms with van der Waals surface area (Å²) in [5.74, 6) is -0.0902. The highest BCUT2D eigenvalue weighted by Gasteiger charge is 2.17. The molecule has 0 radical (unpaired) electrons. The van der Waals surface area contributed by atoms with Crippen molar-refractivity contribution in [3.05, 3.63) is 40.4 Å². The third-order valence-corrected chi connectivity index (χ3v) is 6.39. The van der Waals surface area contributed by atoms with Gasteiger partial charge in [0.2, 0.25) is 5.91 Å². The fourth-order valence-electron chi connectivity index (χ4n) is 2.34. The molecule has 122 valence electrons. The Morgan fingerprint density at radius 2 is 2.04 bits per heavy atom. The number of amides is 1. The van der Waals surface area contributed by atoms with Crippen LogP contribution in [0.3, 0.4) is 0 Å². The molecule has 2 N–H and O–H groups in total. The molecule has 0 saturated carbocycles. The Bertz CT molecular complexity index is 805. The van der Waals surface area contributed by atoms with Crippen LogP contribution in [0, 0.1) is 0 Å². The Labute approximate surface area is 138 Å². The highest BCUT2D eigenvalue weighted by Crippen LogP contribution is 2.26. The van der Waals surface area contributed by atoms with Gasteiger partial charge in [0.25, 0.3) is 0 Å². The van der Waals surface area contributed by atoms with Gasteiger partial charge in [-0.15, -0.1) is 11.3 Å². The molecule has 3 rings (SSSR count). The molecule has 0 atom stereocenters. The summed E-state index contributed by atoms with van der Waals surface area (Å²) in [5.41, 5.74) is 1.77. The molecule has 23 heavy (non-hydrogen) atoms. The maximum atomic E-state index is 12.1. The van der Waals surface area contributed by atoms with Crippen molar-refractivity contribution in [1.29, 1.82) is 0 Å². The molecule has 0 fully saturated rings. The van der Waals surface area contributed by atoms with E-state index in [1.807, 2.05) is 0 Å². The highest BCUT2D eigenvalue weighted by molar-refractivity contribution is 7.91. The smallest absolute Gasteiger partial charge is 0.230 e. The van der Waals surface area contributed by atoms with Crippen molar-refractivity contribution in [3.8, 4) is 0 Å². The van der Waals surface area contributed by atoms with Crippen LogP contribution in [0.15, 0.2) is 29.2 Å². The molecule has 1 amide bonds. The van der Waals surface area contributed by atoms with Crippen LogP contribution in [0.4, 0.5) is 5.13 Å². The lowest BCUT2D eigenvalue weighted by molar-refractivity contribution is -0.115. The Balaban J connectivity index is 1.63. The zero-order chi connectivity index (χ0) is 16.4. The van der Waals surface area contributed by atoms with Crippen LogP contribution < -0.4 is 10.6 Å². The van der Waals surface area contributed by atoms with E-state index in [1.165, 1.54) is 11.3 Å². The second-order valence-corrected chi connectivity index (χ2v) is 8.63. The topological polar surface area (TPSA) is 88.2 Å². The molecule has 8 heteroatoms. The number of benzene rings is 1. The Morgan fingerprint density at radius 1 is 1.30 bits per heavy atom. The number of aromatic nitrogens is 1. The Kier molecular flexibility index (Phi) is 4.47. The van der Waals surface area contributed by atoms with Crippen molar-refractivity contribution in [1.82, 2.24) is 10.3 Å². The maximum absolute atomic E-state index is 12.1. The summed E-state index contributed by atoms with van der Waals surface area (Å²) >= 11 is 1.48. The van der Waals surface area contributed by atoms with Gasteiger partial charge in [0.05, 0.1) is 22.8 Å². The molecule has 1 aliphatic heterocycles. The van der Waals surface area contributed by atoms with Crippen LogP contribution in [0.5, 0.6) is 0 Å². The Hall–Kier alpha value is -1.77. The van der Waals surface area contributed by atoms with Gasteiger partial charge >= 0.3 is 0 Å². The molecule has 2 heterocycles. The molecular weight excluding hydrogens is 334 g/mol. The first-order chi connectivity index (χ1) is 11.0. The first-order valence-electron chi connectivity index (χ1n) is 7.29. The van der Waals surface area contributed by atoms with Gasteiger partial charge in [-0.2, -0.15) is 0 Å². The first kappa shape index (κ1) is 16.1. The number of anilines is 1. The fraction of sp³-hybridized carbons (Fsp3) is 0.333. The average Bonchev–Trinajstić information content (AvgIpc) is 3.09. The van der Waals surface area contributed by atoms with Crippen molar-refractivity contribution >= 4 is 32.2 Å². The summed E-state index contributed by atoms with van der Waals surface area (Å²) in [4.78, 5) is 17.9. The molecule has 0 unspecified atom stereocenters. The molecule has 1 aromatic heterocycles. The standard InChI is InChI=1S/C15H17N3O3S2/c1-2-23(20,21)11-5-3-10(4-6-11)7-14(19)18-15-17-12-8-16-9-13(12)22-15/h3-6,16H,2,7-9H2,1H3,(H,17,18,19).